The van der Waals surface area contributed by atoms with E-state index >= 15 is 0 Å². The third-order valence-corrected chi connectivity index (χ3v) is 3.76. The smallest absolute Gasteiger partial charge is 0.252 e. The molecule has 0 spiro atoms. The van der Waals surface area contributed by atoms with E-state index in [0.717, 1.165) is 0 Å². The number of nitrogens with zero attached hydrogens (tertiary/aromatic N) is 1. The molecule has 0 saturated heterocycles. The van der Waals surface area contributed by atoms with Gasteiger partial charge in [-0.25, -0.2) is 0 Å². The summed E-state index contributed by atoms with van der Waals surface area (Å²) in [7, 11) is 6.18. The highest BCUT2D eigenvalue weighted by molar-refractivity contribution is 5.98. The second-order valence-corrected chi connectivity index (χ2v) is 6.30. The molecular weight excluding hydrogens is 338 g/mol. The number of carbonyl (C=O) groups is 3. The Morgan fingerprint density at radius 1 is 1.04 bits per heavy atom. The zero-order chi connectivity index (χ0) is 19.9. The Hall–Kier alpha value is -2.77. The molecule has 2 N–H and O–H groups in total. The van der Waals surface area contributed by atoms with Crippen LogP contribution in [-0.4, -0.2) is 63.5 Å². The average molecular weight is 365 g/mol. The Morgan fingerprint density at radius 2 is 1.58 bits per heavy atom. The van der Waals surface area contributed by atoms with Gasteiger partial charge in [-0.2, -0.15) is 0 Å². The molecule has 1 rings (SSSR count). The van der Waals surface area contributed by atoms with E-state index in [4.69, 9.17) is 9.47 Å². The van der Waals surface area contributed by atoms with Crippen LogP contribution in [0.15, 0.2) is 18.2 Å². The van der Waals surface area contributed by atoms with Crippen molar-refractivity contribution < 1.29 is 23.9 Å². The molecule has 1 aromatic carbocycles. The Kier molecular flexibility index (Phi) is 7.89. The van der Waals surface area contributed by atoms with Crippen molar-refractivity contribution in [1.29, 1.82) is 0 Å². The zero-order valence-corrected chi connectivity index (χ0v) is 16.1. The van der Waals surface area contributed by atoms with E-state index in [1.165, 1.54) is 19.1 Å². The minimum Gasteiger partial charge on any atom is -0.497 e. The summed E-state index contributed by atoms with van der Waals surface area (Å²) in [6.07, 6.45) is 0. The summed E-state index contributed by atoms with van der Waals surface area (Å²) in [6.45, 7) is 3.49. The van der Waals surface area contributed by atoms with E-state index in [0.29, 0.717) is 17.1 Å². The van der Waals surface area contributed by atoms with Gasteiger partial charge in [-0.1, -0.05) is 13.8 Å². The van der Waals surface area contributed by atoms with Gasteiger partial charge in [0.1, 0.15) is 17.5 Å². The molecule has 0 aliphatic rings. The fourth-order valence-corrected chi connectivity index (χ4v) is 2.13. The molecule has 0 aromatic heterocycles. The number of carbonyl (C=O) groups excluding carboxylic acids is 3. The maximum absolute atomic E-state index is 12.6. The maximum atomic E-state index is 12.6. The minimum atomic E-state index is -0.783. The van der Waals surface area contributed by atoms with E-state index in [1.54, 1.807) is 32.3 Å². The lowest BCUT2D eigenvalue weighted by atomic mass is 10.0. The third-order valence-electron chi connectivity index (χ3n) is 3.76. The van der Waals surface area contributed by atoms with Gasteiger partial charge in [-0.15, -0.1) is 0 Å². The molecule has 26 heavy (non-hydrogen) atoms. The molecule has 0 fully saturated rings. The van der Waals surface area contributed by atoms with E-state index < -0.39 is 17.9 Å². The van der Waals surface area contributed by atoms with Crippen molar-refractivity contribution >= 4 is 17.7 Å². The molecule has 0 unspecified atom stereocenters. The summed E-state index contributed by atoms with van der Waals surface area (Å²) in [4.78, 5) is 37.9. The summed E-state index contributed by atoms with van der Waals surface area (Å²) in [6, 6.07) is 3.98. The normalized spacial score (nSPS) is 11.5. The van der Waals surface area contributed by atoms with Crippen molar-refractivity contribution in [3.63, 3.8) is 0 Å². The van der Waals surface area contributed by atoms with Gasteiger partial charge >= 0.3 is 0 Å². The first-order chi connectivity index (χ1) is 12.2. The van der Waals surface area contributed by atoms with Gasteiger partial charge in [0.15, 0.2) is 0 Å². The molecule has 0 aliphatic carbocycles. The number of nitrogens with one attached hydrogen (secondary N) is 2. The number of amides is 3. The standard InChI is InChI=1S/C18H27N3O5/c1-11(2)16(18(24)19-10-15(22)21(3)4)20-17(23)12-7-13(25-5)9-14(8-12)26-6/h7-9,11,16H,10H2,1-6H3,(H,19,24)(H,20,23)/t16-/m0/s1. The molecule has 0 aliphatic heterocycles. The van der Waals surface area contributed by atoms with Gasteiger partial charge in [0.25, 0.3) is 5.91 Å². The predicted octanol–water partition coefficient (Wildman–Crippen LogP) is 0.663. The lowest BCUT2D eigenvalue weighted by Crippen LogP contribution is -2.51. The first kappa shape index (κ1) is 21.3. The van der Waals surface area contributed by atoms with Crippen LogP contribution in [0.4, 0.5) is 0 Å². The van der Waals surface area contributed by atoms with Crippen molar-refractivity contribution in [1.82, 2.24) is 15.5 Å². The van der Waals surface area contributed by atoms with Crippen LogP contribution in [0.25, 0.3) is 0 Å². The first-order valence-electron chi connectivity index (χ1n) is 8.21. The van der Waals surface area contributed by atoms with Crippen LogP contribution in [0.1, 0.15) is 24.2 Å². The van der Waals surface area contributed by atoms with Crippen molar-refractivity contribution in [2.45, 2.75) is 19.9 Å². The van der Waals surface area contributed by atoms with Crippen molar-refractivity contribution in [3.05, 3.63) is 23.8 Å². The number of methoxy groups -OCH3 is 2. The Balaban J connectivity index is 2.88. The van der Waals surface area contributed by atoms with Crippen LogP contribution >= 0.6 is 0 Å². The third kappa shape index (κ3) is 5.94. The van der Waals surface area contributed by atoms with Crippen LogP contribution in [0.5, 0.6) is 11.5 Å². The molecule has 0 bridgehead atoms. The number of ether oxygens (including phenoxy) is 2. The summed E-state index contributed by atoms with van der Waals surface area (Å²) in [5.74, 6) is -0.313. The van der Waals surface area contributed by atoms with E-state index in [1.807, 2.05) is 13.8 Å². The lowest BCUT2D eigenvalue weighted by molar-refractivity contribution is -0.131. The molecule has 1 aromatic rings. The molecule has 144 valence electrons. The zero-order valence-electron chi connectivity index (χ0n) is 16.1. The Labute approximate surface area is 153 Å². The summed E-state index contributed by atoms with van der Waals surface area (Å²) < 4.78 is 10.3. The highest BCUT2D eigenvalue weighted by atomic mass is 16.5. The summed E-state index contributed by atoms with van der Waals surface area (Å²) in [5.41, 5.74) is 0.309. The molecule has 8 heteroatoms. The molecular formula is C18H27N3O5. The van der Waals surface area contributed by atoms with Crippen molar-refractivity contribution in [2.24, 2.45) is 5.92 Å². The molecule has 0 radical (unpaired) electrons. The van der Waals surface area contributed by atoms with Crippen LogP contribution in [0.2, 0.25) is 0 Å². The van der Waals surface area contributed by atoms with Gasteiger partial charge in [-0.3, -0.25) is 14.4 Å². The second kappa shape index (κ2) is 9.65. The fraction of sp³-hybridized carbons (Fsp3) is 0.500. The van der Waals surface area contributed by atoms with Gasteiger partial charge in [-0.05, 0) is 18.1 Å². The van der Waals surface area contributed by atoms with Crippen LogP contribution in [-0.2, 0) is 9.59 Å². The van der Waals surface area contributed by atoms with Crippen LogP contribution in [0.3, 0.4) is 0 Å². The van der Waals surface area contributed by atoms with E-state index in [9.17, 15) is 14.4 Å². The van der Waals surface area contributed by atoms with Crippen molar-refractivity contribution in [2.75, 3.05) is 34.9 Å². The number of likely N-dealkylation sites (N-methyl/N-ethyl adjacent to an activating group) is 1. The maximum Gasteiger partial charge on any atom is 0.252 e. The van der Waals surface area contributed by atoms with Gasteiger partial charge < -0.3 is 25.0 Å². The molecule has 0 saturated carbocycles. The van der Waals surface area contributed by atoms with Crippen LogP contribution < -0.4 is 20.1 Å². The monoisotopic (exact) mass is 365 g/mol. The van der Waals surface area contributed by atoms with Gasteiger partial charge in [0, 0.05) is 25.7 Å². The Bertz CT molecular complexity index is 636. The predicted molar refractivity (Wildman–Crippen MR) is 97.3 cm³/mol. The molecule has 8 nitrogen and oxygen atoms in total. The number of rotatable bonds is 8. The van der Waals surface area contributed by atoms with E-state index in [2.05, 4.69) is 10.6 Å². The van der Waals surface area contributed by atoms with Gasteiger partial charge in [0.2, 0.25) is 11.8 Å². The summed E-state index contributed by atoms with van der Waals surface area (Å²) in [5, 5.41) is 5.25. The molecule has 1 atom stereocenters. The first-order valence-corrected chi connectivity index (χ1v) is 8.21. The minimum absolute atomic E-state index is 0.127. The highest BCUT2D eigenvalue weighted by Gasteiger charge is 2.25. The molecule has 3 amide bonds. The Morgan fingerprint density at radius 3 is 2.00 bits per heavy atom. The second-order valence-electron chi connectivity index (χ2n) is 6.30. The largest absolute Gasteiger partial charge is 0.497 e. The fourth-order valence-electron chi connectivity index (χ4n) is 2.13. The topological polar surface area (TPSA) is 97.0 Å². The summed E-state index contributed by atoms with van der Waals surface area (Å²) >= 11 is 0. The SMILES string of the molecule is COc1cc(OC)cc(C(=O)N[C@H](C(=O)NCC(=O)N(C)C)C(C)C)c1. The number of benzene rings is 1. The van der Waals surface area contributed by atoms with Crippen molar-refractivity contribution in [3.8, 4) is 11.5 Å². The highest BCUT2D eigenvalue weighted by Crippen LogP contribution is 2.22. The quantitative estimate of drug-likeness (QED) is 0.705. The van der Waals surface area contributed by atoms with Crippen LogP contribution in [0, 0.1) is 5.92 Å². The number of hydrogen-bond donors (Lipinski definition) is 2. The lowest BCUT2D eigenvalue weighted by Gasteiger charge is -2.22. The van der Waals surface area contributed by atoms with Gasteiger partial charge in [0.05, 0.1) is 20.8 Å². The molecule has 0 heterocycles. The number of hydrogen-bond acceptors (Lipinski definition) is 5. The van der Waals surface area contributed by atoms with E-state index in [-0.39, 0.29) is 18.4 Å². The average Bonchev–Trinajstić information content (AvgIpc) is 2.62.